The van der Waals surface area contributed by atoms with E-state index in [1.165, 1.54) is 56.1 Å². The van der Waals surface area contributed by atoms with E-state index in [0.717, 1.165) is 0 Å². The van der Waals surface area contributed by atoms with Crippen LogP contribution in [0.15, 0.2) is 24.3 Å². The molecule has 0 nitrogen and oxygen atoms in total. The van der Waals surface area contributed by atoms with E-state index < -0.39 is 0 Å². The maximum absolute atomic E-state index is 3.99. The van der Waals surface area contributed by atoms with Gasteiger partial charge in [0.1, 0.15) is 0 Å². The lowest BCUT2D eigenvalue weighted by atomic mass is 9.77. The predicted octanol–water partition coefficient (Wildman–Crippen LogP) is 6.05. The molecular formula is C17H25Br. The largest absolute Gasteiger partial charge is 0.0833 e. The number of aryl methyl sites for hydroxylation is 1. The Morgan fingerprint density at radius 3 is 2.22 bits per heavy atom. The van der Waals surface area contributed by atoms with Crippen molar-refractivity contribution in [1.82, 2.24) is 0 Å². The summed E-state index contributed by atoms with van der Waals surface area (Å²) in [6.45, 7) is 4.59. The number of rotatable bonds is 5. The topological polar surface area (TPSA) is 0 Å². The van der Waals surface area contributed by atoms with Crippen molar-refractivity contribution in [1.29, 1.82) is 0 Å². The molecule has 0 aromatic heterocycles. The normalized spacial score (nSPS) is 19.9. The van der Waals surface area contributed by atoms with Crippen LogP contribution in [-0.4, -0.2) is 0 Å². The second kappa shape index (κ2) is 6.23. The number of hydrogen-bond acceptors (Lipinski definition) is 0. The molecule has 18 heavy (non-hydrogen) atoms. The number of benzene rings is 1. The maximum atomic E-state index is 3.99. The van der Waals surface area contributed by atoms with Crippen LogP contribution in [0.3, 0.4) is 0 Å². The van der Waals surface area contributed by atoms with Crippen LogP contribution in [0.4, 0.5) is 0 Å². The molecule has 0 spiro atoms. The van der Waals surface area contributed by atoms with Gasteiger partial charge in [0.2, 0.25) is 0 Å². The summed E-state index contributed by atoms with van der Waals surface area (Å²) >= 11 is 3.99. The van der Waals surface area contributed by atoms with E-state index in [1.54, 1.807) is 0 Å². The van der Waals surface area contributed by atoms with Crippen molar-refractivity contribution in [3.63, 3.8) is 0 Å². The Labute approximate surface area is 120 Å². The summed E-state index contributed by atoms with van der Waals surface area (Å²) in [7, 11) is 0. The van der Waals surface area contributed by atoms with Gasteiger partial charge in [0, 0.05) is 4.83 Å². The number of halogens is 1. The van der Waals surface area contributed by atoms with Crippen LogP contribution in [0, 0.1) is 5.41 Å². The lowest BCUT2D eigenvalue weighted by Gasteiger charge is -2.33. The molecular weight excluding hydrogens is 284 g/mol. The number of alkyl halides is 1. The van der Waals surface area contributed by atoms with E-state index in [-0.39, 0.29) is 0 Å². The molecule has 1 fully saturated rings. The molecule has 2 rings (SSSR count). The van der Waals surface area contributed by atoms with Gasteiger partial charge in [0.25, 0.3) is 0 Å². The Balaban J connectivity index is 2.14. The van der Waals surface area contributed by atoms with Gasteiger partial charge in [-0.3, -0.25) is 0 Å². The van der Waals surface area contributed by atoms with Crippen molar-refractivity contribution < 1.29 is 0 Å². The zero-order chi connectivity index (χ0) is 13.0. The summed E-state index contributed by atoms with van der Waals surface area (Å²) in [4.78, 5) is 0.535. The molecule has 0 radical (unpaired) electrons. The molecule has 100 valence electrons. The maximum Gasteiger partial charge on any atom is 0.0451 e. The standard InChI is InChI=1S/C17H25Br/c1-3-7-14-8-10-15(11-9-14)16(18)17(4-2)12-5-6-13-17/h8-11,16H,3-7,12-13H2,1-2H3. The molecule has 1 aromatic rings. The second-order valence-electron chi connectivity index (χ2n) is 5.78. The predicted molar refractivity (Wildman–Crippen MR) is 83.3 cm³/mol. The minimum absolute atomic E-state index is 0.506. The minimum atomic E-state index is 0.506. The first kappa shape index (κ1) is 14.1. The van der Waals surface area contributed by atoms with Crippen LogP contribution in [0.25, 0.3) is 0 Å². The summed E-state index contributed by atoms with van der Waals surface area (Å²) < 4.78 is 0. The van der Waals surface area contributed by atoms with Gasteiger partial charge in [-0.05, 0) is 42.2 Å². The van der Waals surface area contributed by atoms with Gasteiger partial charge in [-0.1, -0.05) is 73.3 Å². The average molecular weight is 309 g/mol. The summed E-state index contributed by atoms with van der Waals surface area (Å²) in [6, 6.07) is 9.29. The lowest BCUT2D eigenvalue weighted by molar-refractivity contribution is 0.279. The van der Waals surface area contributed by atoms with Crippen LogP contribution < -0.4 is 0 Å². The van der Waals surface area contributed by atoms with E-state index in [0.29, 0.717) is 10.2 Å². The molecule has 0 bridgehead atoms. The van der Waals surface area contributed by atoms with Gasteiger partial charge in [0.15, 0.2) is 0 Å². The van der Waals surface area contributed by atoms with Crippen LogP contribution in [-0.2, 0) is 6.42 Å². The van der Waals surface area contributed by atoms with E-state index in [1.807, 2.05) is 0 Å². The van der Waals surface area contributed by atoms with E-state index in [9.17, 15) is 0 Å². The van der Waals surface area contributed by atoms with Crippen LogP contribution in [0.1, 0.15) is 68.3 Å². The third kappa shape index (κ3) is 2.82. The molecule has 1 heteroatoms. The Morgan fingerprint density at radius 1 is 1.11 bits per heavy atom. The summed E-state index contributed by atoms with van der Waals surface area (Å²) in [5.74, 6) is 0. The van der Waals surface area contributed by atoms with Crippen LogP contribution in [0.5, 0.6) is 0 Å². The van der Waals surface area contributed by atoms with Gasteiger partial charge < -0.3 is 0 Å². The molecule has 1 aliphatic carbocycles. The highest BCUT2D eigenvalue weighted by molar-refractivity contribution is 9.09. The SMILES string of the molecule is CCCc1ccc(C(Br)C2(CC)CCCC2)cc1. The fourth-order valence-electron chi connectivity index (χ4n) is 3.36. The van der Waals surface area contributed by atoms with Gasteiger partial charge in [-0.25, -0.2) is 0 Å². The number of hydrogen-bond donors (Lipinski definition) is 0. The summed E-state index contributed by atoms with van der Waals surface area (Å²) in [6.07, 6.45) is 9.31. The molecule has 1 atom stereocenters. The molecule has 0 N–H and O–H groups in total. The average Bonchev–Trinajstić information content (AvgIpc) is 2.89. The molecule has 1 unspecified atom stereocenters. The fraction of sp³-hybridized carbons (Fsp3) is 0.647. The van der Waals surface area contributed by atoms with Crippen molar-refractivity contribution in [2.75, 3.05) is 0 Å². The lowest BCUT2D eigenvalue weighted by Crippen LogP contribution is -2.21. The fourth-order valence-corrected chi connectivity index (χ4v) is 4.45. The summed E-state index contributed by atoms with van der Waals surface area (Å²) in [5, 5.41) is 0. The first-order chi connectivity index (χ1) is 8.72. The highest BCUT2D eigenvalue weighted by Crippen LogP contribution is 2.53. The molecule has 0 saturated heterocycles. The Hall–Kier alpha value is -0.300. The minimum Gasteiger partial charge on any atom is -0.0833 e. The third-order valence-corrected chi connectivity index (χ3v) is 6.15. The van der Waals surface area contributed by atoms with Crippen LogP contribution >= 0.6 is 15.9 Å². The van der Waals surface area contributed by atoms with Crippen molar-refractivity contribution in [3.8, 4) is 0 Å². The van der Waals surface area contributed by atoms with Crippen molar-refractivity contribution in [3.05, 3.63) is 35.4 Å². The molecule has 1 aromatic carbocycles. The second-order valence-corrected chi connectivity index (χ2v) is 6.69. The highest BCUT2D eigenvalue weighted by atomic mass is 79.9. The van der Waals surface area contributed by atoms with E-state index in [4.69, 9.17) is 0 Å². The Morgan fingerprint density at radius 2 is 1.72 bits per heavy atom. The molecule has 0 heterocycles. The molecule has 1 aliphatic rings. The van der Waals surface area contributed by atoms with Gasteiger partial charge in [-0.15, -0.1) is 0 Å². The monoisotopic (exact) mass is 308 g/mol. The van der Waals surface area contributed by atoms with Gasteiger partial charge >= 0.3 is 0 Å². The highest BCUT2D eigenvalue weighted by Gasteiger charge is 2.38. The molecule has 0 amide bonds. The van der Waals surface area contributed by atoms with Crippen molar-refractivity contribution in [2.24, 2.45) is 5.41 Å². The smallest absolute Gasteiger partial charge is 0.0451 e. The zero-order valence-electron chi connectivity index (χ0n) is 11.7. The first-order valence-electron chi connectivity index (χ1n) is 7.45. The third-order valence-electron chi connectivity index (χ3n) is 4.65. The zero-order valence-corrected chi connectivity index (χ0v) is 13.3. The van der Waals surface area contributed by atoms with E-state index in [2.05, 4.69) is 54.0 Å². The Bertz CT molecular complexity index is 360. The van der Waals surface area contributed by atoms with Crippen molar-refractivity contribution in [2.45, 2.75) is 63.6 Å². The van der Waals surface area contributed by atoms with E-state index >= 15 is 0 Å². The Kier molecular flexibility index (Phi) is 4.89. The van der Waals surface area contributed by atoms with Gasteiger partial charge in [0.05, 0.1) is 0 Å². The van der Waals surface area contributed by atoms with Crippen molar-refractivity contribution >= 4 is 15.9 Å². The van der Waals surface area contributed by atoms with Crippen LogP contribution in [0.2, 0.25) is 0 Å². The first-order valence-corrected chi connectivity index (χ1v) is 8.36. The molecule has 0 aliphatic heterocycles. The quantitative estimate of drug-likeness (QED) is 0.581. The van der Waals surface area contributed by atoms with Gasteiger partial charge in [-0.2, -0.15) is 0 Å². The summed E-state index contributed by atoms with van der Waals surface area (Å²) in [5.41, 5.74) is 3.45. The molecule has 1 saturated carbocycles.